The Morgan fingerprint density at radius 2 is 2.12 bits per heavy atom. The lowest BCUT2D eigenvalue weighted by molar-refractivity contribution is -0.145. The van der Waals surface area contributed by atoms with Gasteiger partial charge in [0, 0.05) is 0 Å². The van der Waals surface area contributed by atoms with E-state index in [1.54, 1.807) is 36.4 Å². The van der Waals surface area contributed by atoms with Gasteiger partial charge in [0.15, 0.2) is 11.5 Å². The molecule has 0 unspecified atom stereocenters. The van der Waals surface area contributed by atoms with Gasteiger partial charge in [-0.25, -0.2) is 4.98 Å². The first kappa shape index (κ1) is 16.4. The first-order valence-corrected chi connectivity index (χ1v) is 8.17. The van der Waals surface area contributed by atoms with Gasteiger partial charge < -0.3 is 14.2 Å². The van der Waals surface area contributed by atoms with Crippen molar-refractivity contribution < 1.29 is 19.0 Å². The second-order valence-corrected chi connectivity index (χ2v) is 6.07. The van der Waals surface area contributed by atoms with Crippen molar-refractivity contribution in [1.82, 2.24) is 9.55 Å². The maximum Gasteiger partial charge on any atom is 0.326 e. The predicted molar refractivity (Wildman–Crippen MR) is 93.4 cm³/mol. The second kappa shape index (κ2) is 6.68. The molecule has 7 nitrogen and oxygen atoms in total. The Labute approximate surface area is 152 Å². The van der Waals surface area contributed by atoms with Crippen molar-refractivity contribution in [3.8, 4) is 11.5 Å². The number of aromatic nitrogens is 2. The average Bonchev–Trinajstić information content (AvgIpc) is 3.12. The summed E-state index contributed by atoms with van der Waals surface area (Å²) < 4.78 is 17.0. The van der Waals surface area contributed by atoms with Crippen molar-refractivity contribution in [2.45, 2.75) is 13.2 Å². The highest BCUT2D eigenvalue weighted by Gasteiger charge is 2.19. The molecule has 0 fully saturated rings. The van der Waals surface area contributed by atoms with Gasteiger partial charge in [-0.3, -0.25) is 14.2 Å². The van der Waals surface area contributed by atoms with Gasteiger partial charge in [0.1, 0.15) is 13.2 Å². The van der Waals surface area contributed by atoms with Gasteiger partial charge in [0.05, 0.1) is 22.3 Å². The van der Waals surface area contributed by atoms with Crippen LogP contribution < -0.4 is 15.0 Å². The zero-order valence-corrected chi connectivity index (χ0v) is 14.2. The molecule has 0 N–H and O–H groups in total. The zero-order chi connectivity index (χ0) is 18.1. The maximum absolute atomic E-state index is 12.4. The molecule has 3 aromatic rings. The third kappa shape index (κ3) is 3.09. The third-order valence-corrected chi connectivity index (χ3v) is 4.20. The number of carbonyl (C=O) groups excluding carboxylic acids is 1. The number of hydrogen-bond acceptors (Lipinski definition) is 6. The number of rotatable bonds is 4. The first-order chi connectivity index (χ1) is 12.6. The lowest BCUT2D eigenvalue weighted by Crippen LogP contribution is -2.25. The lowest BCUT2D eigenvalue weighted by atomic mass is 10.2. The van der Waals surface area contributed by atoms with Crippen LogP contribution in [0.25, 0.3) is 10.9 Å². The van der Waals surface area contributed by atoms with Gasteiger partial charge in [0.2, 0.25) is 6.79 Å². The van der Waals surface area contributed by atoms with Crippen molar-refractivity contribution in [1.29, 1.82) is 0 Å². The smallest absolute Gasteiger partial charge is 0.326 e. The van der Waals surface area contributed by atoms with Crippen LogP contribution in [0.15, 0.2) is 47.5 Å². The molecule has 2 heterocycles. The molecule has 1 aromatic heterocycles. The van der Waals surface area contributed by atoms with Gasteiger partial charge in [-0.05, 0) is 29.8 Å². The summed E-state index contributed by atoms with van der Waals surface area (Å²) in [5.41, 5.74) is 0.951. The standard InChI is InChI=1S/C18H13ClN2O5/c19-13-5-11(6-15-17(13)26-10-25-15)8-24-16(22)7-21-9-20-14-4-2-1-3-12(14)18(21)23/h1-6,9H,7-8,10H2. The molecule has 26 heavy (non-hydrogen) atoms. The Morgan fingerprint density at radius 3 is 3.00 bits per heavy atom. The Morgan fingerprint density at radius 1 is 1.27 bits per heavy atom. The van der Waals surface area contributed by atoms with E-state index in [-0.39, 0.29) is 25.5 Å². The normalized spacial score (nSPS) is 12.3. The van der Waals surface area contributed by atoms with Crippen LogP contribution in [0.1, 0.15) is 5.56 Å². The number of benzene rings is 2. The van der Waals surface area contributed by atoms with Crippen LogP contribution in [-0.2, 0) is 22.7 Å². The summed E-state index contributed by atoms with van der Waals surface area (Å²) in [4.78, 5) is 28.6. The Balaban J connectivity index is 1.46. The molecule has 0 saturated heterocycles. The van der Waals surface area contributed by atoms with Crippen molar-refractivity contribution >= 4 is 28.5 Å². The van der Waals surface area contributed by atoms with E-state index in [4.69, 9.17) is 25.8 Å². The fourth-order valence-corrected chi connectivity index (χ4v) is 2.96. The summed E-state index contributed by atoms with van der Waals surface area (Å²) in [6, 6.07) is 10.3. The average molecular weight is 373 g/mol. The monoisotopic (exact) mass is 372 g/mol. The summed E-state index contributed by atoms with van der Waals surface area (Å²) in [5, 5.41) is 0.839. The predicted octanol–water partition coefficient (Wildman–Crippen LogP) is 2.52. The molecule has 0 bridgehead atoms. The highest BCUT2D eigenvalue weighted by atomic mass is 35.5. The van der Waals surface area contributed by atoms with Crippen LogP contribution in [0.5, 0.6) is 11.5 Å². The van der Waals surface area contributed by atoms with Crippen LogP contribution in [0.3, 0.4) is 0 Å². The number of esters is 1. The quantitative estimate of drug-likeness (QED) is 0.655. The van der Waals surface area contributed by atoms with E-state index in [1.807, 2.05) is 0 Å². The number of nitrogens with zero attached hydrogens (tertiary/aromatic N) is 2. The Hall–Kier alpha value is -3.06. The van der Waals surface area contributed by atoms with E-state index in [0.717, 1.165) is 0 Å². The van der Waals surface area contributed by atoms with E-state index in [9.17, 15) is 9.59 Å². The number of hydrogen-bond donors (Lipinski definition) is 0. The zero-order valence-electron chi connectivity index (χ0n) is 13.5. The summed E-state index contributed by atoms with van der Waals surface area (Å²) in [6.45, 7) is -0.115. The van der Waals surface area contributed by atoms with E-state index < -0.39 is 5.97 Å². The largest absolute Gasteiger partial charge is 0.459 e. The molecule has 0 saturated carbocycles. The number of fused-ring (bicyclic) bond motifs is 2. The molecule has 4 rings (SSSR count). The molecule has 0 radical (unpaired) electrons. The van der Waals surface area contributed by atoms with Crippen molar-refractivity contribution in [3.63, 3.8) is 0 Å². The summed E-state index contributed by atoms with van der Waals surface area (Å²) >= 11 is 6.10. The fraction of sp³-hybridized carbons (Fsp3) is 0.167. The molecule has 0 amide bonds. The van der Waals surface area contributed by atoms with Gasteiger partial charge in [-0.2, -0.15) is 0 Å². The minimum Gasteiger partial charge on any atom is -0.459 e. The van der Waals surface area contributed by atoms with Gasteiger partial charge >= 0.3 is 5.97 Å². The van der Waals surface area contributed by atoms with Crippen LogP contribution in [0.4, 0.5) is 0 Å². The first-order valence-electron chi connectivity index (χ1n) is 7.79. The third-order valence-electron chi connectivity index (χ3n) is 3.92. The lowest BCUT2D eigenvalue weighted by Gasteiger charge is -2.09. The number of ether oxygens (including phenoxy) is 3. The van der Waals surface area contributed by atoms with E-state index in [2.05, 4.69) is 4.98 Å². The Bertz CT molecular complexity index is 1060. The molecule has 2 aromatic carbocycles. The molecule has 0 spiro atoms. The SMILES string of the molecule is O=C(Cn1cnc2ccccc2c1=O)OCc1cc(Cl)c2c(c1)OCO2. The van der Waals surface area contributed by atoms with Crippen LogP contribution in [0, 0.1) is 0 Å². The van der Waals surface area contributed by atoms with Gasteiger partial charge in [-0.15, -0.1) is 0 Å². The minimum absolute atomic E-state index is 0.00491. The molecular weight excluding hydrogens is 360 g/mol. The Kier molecular flexibility index (Phi) is 4.22. The summed E-state index contributed by atoms with van der Waals surface area (Å²) in [7, 11) is 0. The molecule has 0 aliphatic carbocycles. The van der Waals surface area contributed by atoms with Crippen LogP contribution >= 0.6 is 11.6 Å². The molecule has 132 valence electrons. The topological polar surface area (TPSA) is 79.7 Å². The fourth-order valence-electron chi connectivity index (χ4n) is 2.67. The van der Waals surface area contributed by atoms with Crippen molar-refractivity contribution in [2.75, 3.05) is 6.79 Å². The number of para-hydroxylation sites is 1. The maximum atomic E-state index is 12.4. The summed E-state index contributed by atoms with van der Waals surface area (Å²) in [5.74, 6) is 0.437. The van der Waals surface area contributed by atoms with E-state index in [1.165, 1.54) is 10.9 Å². The molecule has 1 aliphatic rings. The van der Waals surface area contributed by atoms with Gasteiger partial charge in [-0.1, -0.05) is 23.7 Å². The van der Waals surface area contributed by atoms with Crippen LogP contribution in [0.2, 0.25) is 5.02 Å². The molecule has 8 heteroatoms. The number of halogens is 1. The van der Waals surface area contributed by atoms with E-state index in [0.29, 0.717) is 33.0 Å². The summed E-state index contributed by atoms with van der Waals surface area (Å²) in [6.07, 6.45) is 1.34. The van der Waals surface area contributed by atoms with Crippen molar-refractivity contribution in [2.24, 2.45) is 0 Å². The highest BCUT2D eigenvalue weighted by Crippen LogP contribution is 2.39. The molecular formula is C18H13ClN2O5. The molecule has 0 atom stereocenters. The number of carbonyl (C=O) groups is 1. The molecule has 1 aliphatic heterocycles. The van der Waals surface area contributed by atoms with E-state index >= 15 is 0 Å². The minimum atomic E-state index is -0.557. The van der Waals surface area contributed by atoms with Crippen molar-refractivity contribution in [3.05, 3.63) is 63.7 Å². The second-order valence-electron chi connectivity index (χ2n) is 5.67. The highest BCUT2D eigenvalue weighted by molar-refractivity contribution is 6.32. The van der Waals surface area contributed by atoms with Crippen LogP contribution in [-0.4, -0.2) is 22.3 Å². The van der Waals surface area contributed by atoms with Gasteiger partial charge in [0.25, 0.3) is 5.56 Å².